The summed E-state index contributed by atoms with van der Waals surface area (Å²) in [7, 11) is 0. The first-order chi connectivity index (χ1) is 11.6. The van der Waals surface area contributed by atoms with Gasteiger partial charge in [-0.3, -0.25) is 0 Å². The lowest BCUT2D eigenvalue weighted by atomic mass is 9.34. The van der Waals surface area contributed by atoms with Crippen molar-refractivity contribution in [1.29, 1.82) is 0 Å². The number of allylic oxidation sites excluding steroid dienone is 4. The number of hydrogen-bond acceptors (Lipinski definition) is 1. The van der Waals surface area contributed by atoms with E-state index in [-0.39, 0.29) is 5.31 Å². The lowest BCUT2D eigenvalue weighted by molar-refractivity contribution is 0.733. The van der Waals surface area contributed by atoms with Crippen LogP contribution in [-0.2, 0) is 5.31 Å². The Morgan fingerprint density at radius 3 is 2.83 bits per heavy atom. The van der Waals surface area contributed by atoms with E-state index >= 15 is 0 Å². The summed E-state index contributed by atoms with van der Waals surface area (Å²) in [5.74, 6) is 0.518. The Bertz CT molecular complexity index is 912. The summed E-state index contributed by atoms with van der Waals surface area (Å²) in [6.45, 7) is 5.19. The number of halogens is 1. The van der Waals surface area contributed by atoms with Crippen LogP contribution in [0.5, 0.6) is 0 Å². The molecule has 0 aromatic heterocycles. The molecule has 3 heteroatoms. The van der Waals surface area contributed by atoms with Crippen molar-refractivity contribution in [2.24, 2.45) is 0 Å². The fraction of sp³-hybridized carbons (Fsp3) is 0.238. The maximum atomic E-state index is 3.67. The molecule has 3 aliphatic rings. The molecular formula is C21H19BBrN. The van der Waals surface area contributed by atoms with E-state index in [0.717, 1.165) is 10.9 Å². The second-order valence-electron chi connectivity index (χ2n) is 7.60. The molecule has 1 atom stereocenters. The Morgan fingerprint density at radius 1 is 1.12 bits per heavy atom. The fourth-order valence-electron chi connectivity index (χ4n) is 4.91. The molecule has 2 aliphatic heterocycles. The van der Waals surface area contributed by atoms with Crippen LogP contribution in [0.25, 0.3) is 0 Å². The predicted molar refractivity (Wildman–Crippen MR) is 106 cm³/mol. The maximum absolute atomic E-state index is 3.67. The zero-order valence-electron chi connectivity index (χ0n) is 14.0. The molecule has 1 aliphatic carbocycles. The van der Waals surface area contributed by atoms with Crippen molar-refractivity contribution in [3.05, 3.63) is 81.8 Å². The van der Waals surface area contributed by atoms with Crippen LogP contribution in [0.15, 0.2) is 70.6 Å². The highest BCUT2D eigenvalue weighted by atomic mass is 79.9. The molecule has 1 unspecified atom stereocenters. The van der Waals surface area contributed by atoms with Gasteiger partial charge in [0, 0.05) is 21.8 Å². The Hall–Kier alpha value is -1.74. The first-order valence-electron chi connectivity index (χ1n) is 8.64. The molecule has 0 radical (unpaired) electrons. The van der Waals surface area contributed by atoms with Crippen molar-refractivity contribution < 1.29 is 0 Å². The average Bonchev–Trinajstić information content (AvgIpc) is 2.83. The monoisotopic (exact) mass is 375 g/mol. The molecule has 0 saturated heterocycles. The highest BCUT2D eigenvalue weighted by Gasteiger charge is 2.54. The van der Waals surface area contributed by atoms with Gasteiger partial charge in [-0.15, -0.1) is 0 Å². The highest BCUT2D eigenvalue weighted by molar-refractivity contribution is 9.10. The maximum Gasteiger partial charge on any atom is 0.300 e. The summed E-state index contributed by atoms with van der Waals surface area (Å²) in [6, 6.07) is 15.7. The van der Waals surface area contributed by atoms with Crippen LogP contribution in [0.3, 0.4) is 0 Å². The number of para-hydroxylation sites is 1. The number of nitrogens with zero attached hydrogens (tertiary/aromatic N) is 1. The number of benzene rings is 2. The van der Waals surface area contributed by atoms with Gasteiger partial charge in [0.25, 0.3) is 0 Å². The second kappa shape index (κ2) is 4.89. The van der Waals surface area contributed by atoms with Gasteiger partial charge in [0.15, 0.2) is 0 Å². The summed E-state index contributed by atoms with van der Waals surface area (Å²) in [4.78, 5) is 2.58. The van der Waals surface area contributed by atoms with E-state index < -0.39 is 0 Å². The van der Waals surface area contributed by atoms with Crippen molar-refractivity contribution in [2.45, 2.75) is 31.5 Å². The molecule has 0 amide bonds. The second-order valence-corrected chi connectivity index (χ2v) is 8.51. The SMILES string of the molecule is CC1(C)B2C3=CC=CCC3c3ccccc3N2c2ccc(Br)cc21. The average molecular weight is 376 g/mol. The third kappa shape index (κ3) is 1.77. The van der Waals surface area contributed by atoms with Gasteiger partial charge >= 0.3 is 6.85 Å². The molecule has 5 rings (SSSR count). The van der Waals surface area contributed by atoms with Crippen LogP contribution < -0.4 is 4.81 Å². The van der Waals surface area contributed by atoms with Gasteiger partial charge in [-0.2, -0.15) is 0 Å². The summed E-state index contributed by atoms with van der Waals surface area (Å²) in [6.07, 6.45) is 8.03. The summed E-state index contributed by atoms with van der Waals surface area (Å²) in [5, 5.41) is 0.0852. The van der Waals surface area contributed by atoms with Crippen molar-refractivity contribution in [3.8, 4) is 0 Å². The third-order valence-corrected chi connectivity index (χ3v) is 6.43. The molecular weight excluding hydrogens is 357 g/mol. The summed E-state index contributed by atoms with van der Waals surface area (Å²) >= 11 is 3.67. The van der Waals surface area contributed by atoms with Crippen molar-refractivity contribution in [3.63, 3.8) is 0 Å². The van der Waals surface area contributed by atoms with Gasteiger partial charge in [0.1, 0.15) is 0 Å². The number of hydrogen-bond donors (Lipinski definition) is 0. The van der Waals surface area contributed by atoms with Gasteiger partial charge < -0.3 is 4.81 Å². The molecule has 0 saturated carbocycles. The third-order valence-electron chi connectivity index (χ3n) is 5.94. The largest absolute Gasteiger partial charge is 0.380 e. The van der Waals surface area contributed by atoms with Gasteiger partial charge in [0.05, 0.1) is 0 Å². The topological polar surface area (TPSA) is 3.24 Å². The Morgan fingerprint density at radius 2 is 1.96 bits per heavy atom. The van der Waals surface area contributed by atoms with Gasteiger partial charge in [0.2, 0.25) is 0 Å². The predicted octanol–water partition coefficient (Wildman–Crippen LogP) is 5.93. The van der Waals surface area contributed by atoms with E-state index in [1.807, 2.05) is 0 Å². The van der Waals surface area contributed by atoms with Crippen LogP contribution in [0.2, 0.25) is 0 Å². The fourth-order valence-corrected chi connectivity index (χ4v) is 5.28. The van der Waals surface area contributed by atoms with E-state index in [0.29, 0.717) is 12.8 Å². The molecule has 1 nitrogen and oxygen atoms in total. The quantitative estimate of drug-likeness (QED) is 0.515. The zero-order valence-corrected chi connectivity index (χ0v) is 15.5. The minimum atomic E-state index is 0.0852. The number of anilines is 2. The van der Waals surface area contributed by atoms with Gasteiger partial charge in [-0.25, -0.2) is 0 Å². The molecule has 0 spiro atoms. The lowest BCUT2D eigenvalue weighted by Gasteiger charge is -2.43. The van der Waals surface area contributed by atoms with Gasteiger partial charge in [-0.1, -0.05) is 71.7 Å². The van der Waals surface area contributed by atoms with E-state index in [4.69, 9.17) is 0 Å². The Balaban J connectivity index is 1.84. The number of rotatable bonds is 0. The zero-order chi connectivity index (χ0) is 16.5. The molecule has 24 heavy (non-hydrogen) atoms. The lowest BCUT2D eigenvalue weighted by Crippen LogP contribution is -2.50. The standard InChI is InChI=1S/C21H19BBrN/c1-21(2)17-13-14(23)11-12-20(17)24-19-10-6-4-8-16(19)15-7-3-5-9-18(15)22(21)24/h3-6,8-13,15H,7H2,1-2H3. The molecule has 0 N–H and O–H groups in total. The first kappa shape index (κ1) is 14.6. The normalized spacial score (nSPS) is 22.5. The first-order valence-corrected chi connectivity index (χ1v) is 9.43. The van der Waals surface area contributed by atoms with Crippen molar-refractivity contribution in [2.75, 3.05) is 4.81 Å². The Labute approximate surface area is 152 Å². The van der Waals surface area contributed by atoms with E-state index in [1.165, 1.54) is 22.5 Å². The smallest absolute Gasteiger partial charge is 0.300 e. The van der Waals surface area contributed by atoms with E-state index in [2.05, 4.69) is 95.3 Å². The minimum absolute atomic E-state index is 0.0852. The molecule has 2 aromatic rings. The van der Waals surface area contributed by atoms with E-state index in [9.17, 15) is 0 Å². The number of fused-ring (bicyclic) bond motifs is 8. The molecule has 0 fully saturated rings. The van der Waals surface area contributed by atoms with Crippen molar-refractivity contribution >= 4 is 34.2 Å². The van der Waals surface area contributed by atoms with Crippen LogP contribution in [0.4, 0.5) is 11.4 Å². The van der Waals surface area contributed by atoms with Crippen LogP contribution in [-0.4, -0.2) is 6.85 Å². The molecule has 118 valence electrons. The minimum Gasteiger partial charge on any atom is -0.380 e. The van der Waals surface area contributed by atoms with Crippen molar-refractivity contribution in [1.82, 2.24) is 0 Å². The molecule has 2 aromatic carbocycles. The van der Waals surface area contributed by atoms with Crippen LogP contribution >= 0.6 is 15.9 Å². The molecule has 2 heterocycles. The van der Waals surface area contributed by atoms with Crippen LogP contribution in [0.1, 0.15) is 37.3 Å². The highest BCUT2D eigenvalue weighted by Crippen LogP contribution is 2.56. The molecule has 0 bridgehead atoms. The van der Waals surface area contributed by atoms with Crippen LogP contribution in [0, 0.1) is 0 Å². The Kier molecular flexibility index (Phi) is 2.97. The summed E-state index contributed by atoms with van der Waals surface area (Å²) in [5.41, 5.74) is 7.21. The van der Waals surface area contributed by atoms with E-state index in [1.54, 1.807) is 5.47 Å². The summed E-state index contributed by atoms with van der Waals surface area (Å²) < 4.78 is 1.16. The van der Waals surface area contributed by atoms with Gasteiger partial charge in [-0.05, 0) is 47.1 Å².